The first-order valence-corrected chi connectivity index (χ1v) is 7.53. The molecule has 4 fully saturated rings. The normalized spacial score (nSPS) is 29.3. The highest BCUT2D eigenvalue weighted by Gasteiger charge is 2.38. The van der Waals surface area contributed by atoms with E-state index < -0.39 is 0 Å². The maximum atomic E-state index is 1.50. The zero-order chi connectivity index (χ0) is 10.9. The fourth-order valence-corrected chi connectivity index (χ4v) is 4.12. The van der Waals surface area contributed by atoms with Gasteiger partial charge in [0, 0.05) is 38.5 Å². The van der Waals surface area contributed by atoms with E-state index in [1.54, 1.807) is 0 Å². The molecule has 0 amide bonds. The molecule has 4 aliphatic heterocycles. The molecule has 0 aliphatic carbocycles. The fourth-order valence-electron chi connectivity index (χ4n) is 4.12. The third-order valence-electron chi connectivity index (χ3n) is 5.56. The predicted octanol–water partition coefficient (Wildman–Crippen LogP) is -3.99. The monoisotopic (exact) mass is 294 g/mol. The summed E-state index contributed by atoms with van der Waals surface area (Å²) in [5.41, 5.74) is 0. The van der Waals surface area contributed by atoms with Crippen LogP contribution in [0.2, 0.25) is 0 Å². The van der Waals surface area contributed by atoms with Crippen LogP contribution >= 0.6 is 0 Å². The van der Waals surface area contributed by atoms with Crippen molar-refractivity contribution in [1.29, 1.82) is 0 Å². The number of rotatable bonds is 0. The summed E-state index contributed by atoms with van der Waals surface area (Å²) in [5.74, 6) is 0. The van der Waals surface area contributed by atoms with Crippen molar-refractivity contribution < 1.29 is 33.8 Å². The van der Waals surface area contributed by atoms with E-state index in [0.29, 0.717) is 0 Å². The average Bonchev–Trinajstić information content (AvgIpc) is 2.87. The lowest BCUT2D eigenvalue weighted by atomic mass is 10.1. The lowest BCUT2D eigenvalue weighted by molar-refractivity contribution is -0.952. The van der Waals surface area contributed by atoms with Gasteiger partial charge in [0.05, 0.1) is 52.4 Å². The Bertz CT molecular complexity index is 208. The van der Waals surface area contributed by atoms with E-state index in [2.05, 4.69) is 0 Å². The van der Waals surface area contributed by atoms with Crippen molar-refractivity contribution in [3.63, 3.8) is 0 Å². The summed E-state index contributed by atoms with van der Waals surface area (Å²) in [5, 5.41) is 0. The predicted molar refractivity (Wildman–Crippen MR) is 67.2 cm³/mol. The summed E-state index contributed by atoms with van der Waals surface area (Å²) in [6.45, 7) is 12.0. The first kappa shape index (κ1) is 16.6. The highest BCUT2D eigenvalue weighted by molar-refractivity contribution is 4.62. The van der Waals surface area contributed by atoms with E-state index in [0.717, 1.165) is 0 Å². The van der Waals surface area contributed by atoms with E-state index in [-0.39, 0.29) is 24.8 Å². The lowest BCUT2D eigenvalue weighted by Gasteiger charge is -2.41. The summed E-state index contributed by atoms with van der Waals surface area (Å²) in [4.78, 5) is 0. The molecule has 0 aromatic rings. The molecule has 0 aromatic heterocycles. The fraction of sp³-hybridized carbons (Fsp3) is 1.00. The van der Waals surface area contributed by atoms with Crippen LogP contribution in [0.1, 0.15) is 38.5 Å². The van der Waals surface area contributed by atoms with Crippen molar-refractivity contribution in [3.8, 4) is 0 Å². The first-order valence-electron chi connectivity index (χ1n) is 7.53. The molecular weight excluding hydrogens is 267 g/mol. The molecule has 4 aliphatic rings. The molecule has 0 bridgehead atoms. The second-order valence-electron chi connectivity index (χ2n) is 6.59. The van der Waals surface area contributed by atoms with E-state index >= 15 is 0 Å². The summed E-state index contributed by atoms with van der Waals surface area (Å²) in [7, 11) is 0. The average molecular weight is 295 g/mol. The van der Waals surface area contributed by atoms with Gasteiger partial charge in [-0.2, -0.15) is 0 Å². The van der Waals surface area contributed by atoms with Gasteiger partial charge in [-0.05, 0) is 0 Å². The summed E-state index contributed by atoms with van der Waals surface area (Å²) in [6.07, 6.45) is 9.00. The van der Waals surface area contributed by atoms with Gasteiger partial charge in [0.15, 0.2) is 0 Å². The number of halogens is 2. The van der Waals surface area contributed by atoms with Crippen LogP contribution in [0.5, 0.6) is 0 Å². The minimum atomic E-state index is 0. The Morgan fingerprint density at radius 3 is 0.667 bits per heavy atom. The molecule has 2 nitrogen and oxygen atoms in total. The molecule has 108 valence electrons. The van der Waals surface area contributed by atoms with Gasteiger partial charge in [0.2, 0.25) is 0 Å². The third kappa shape index (κ3) is 3.33. The van der Waals surface area contributed by atoms with Gasteiger partial charge in [-0.25, -0.2) is 0 Å². The molecule has 0 saturated carbocycles. The Hall–Kier alpha value is 0.500. The molecule has 4 heterocycles. The summed E-state index contributed by atoms with van der Waals surface area (Å²) in [6, 6.07) is 0. The molecule has 2 spiro atoms. The molecule has 4 heteroatoms. The molecule has 0 aromatic carbocycles. The molecule has 0 radical (unpaired) electrons. The van der Waals surface area contributed by atoms with Crippen molar-refractivity contribution >= 4 is 0 Å². The van der Waals surface area contributed by atoms with Gasteiger partial charge >= 0.3 is 0 Å². The minimum absolute atomic E-state index is 0. The van der Waals surface area contributed by atoms with Gasteiger partial charge in [-0.1, -0.05) is 0 Å². The second-order valence-corrected chi connectivity index (χ2v) is 6.59. The Labute approximate surface area is 125 Å². The van der Waals surface area contributed by atoms with Crippen molar-refractivity contribution in [3.05, 3.63) is 0 Å². The van der Waals surface area contributed by atoms with Crippen molar-refractivity contribution in [2.75, 3.05) is 52.4 Å². The van der Waals surface area contributed by atoms with Gasteiger partial charge in [0.1, 0.15) is 0 Å². The number of nitrogens with zero attached hydrogens (tertiary/aromatic N) is 2. The molecule has 4 rings (SSSR count). The zero-order valence-electron chi connectivity index (χ0n) is 11.5. The molecule has 0 unspecified atom stereocenters. The lowest BCUT2D eigenvalue weighted by Crippen LogP contribution is -3.00. The number of quaternary nitrogens is 2. The van der Waals surface area contributed by atoms with E-state index in [1.807, 2.05) is 0 Å². The number of hydrogen-bond donors (Lipinski definition) is 0. The first-order chi connectivity index (χ1) is 7.83. The molecule has 18 heavy (non-hydrogen) atoms. The zero-order valence-corrected chi connectivity index (χ0v) is 13.1. The quantitative estimate of drug-likeness (QED) is 0.400. The van der Waals surface area contributed by atoms with Gasteiger partial charge in [-0.3, -0.25) is 0 Å². The number of hydrogen-bond acceptors (Lipinski definition) is 0. The minimum Gasteiger partial charge on any atom is -1.00 e. The van der Waals surface area contributed by atoms with Crippen LogP contribution in [0, 0.1) is 0 Å². The van der Waals surface area contributed by atoms with Crippen LogP contribution in [0.25, 0.3) is 0 Å². The molecular formula is C14H28Cl2N2. The van der Waals surface area contributed by atoms with Crippen LogP contribution in [0.15, 0.2) is 0 Å². The molecule has 0 atom stereocenters. The SMILES string of the molecule is C1CC[N+]2(C1)CCC2.C1CC[N+]2(C1)CCC2.[Cl-].[Cl-]. The third-order valence-corrected chi connectivity index (χ3v) is 5.56. The molecule has 0 N–H and O–H groups in total. The van der Waals surface area contributed by atoms with Gasteiger partial charge in [0.25, 0.3) is 0 Å². The van der Waals surface area contributed by atoms with Gasteiger partial charge in [-0.15, -0.1) is 0 Å². The maximum Gasteiger partial charge on any atom is 0.0841 e. The van der Waals surface area contributed by atoms with Crippen LogP contribution in [-0.4, -0.2) is 61.3 Å². The Morgan fingerprint density at radius 2 is 0.556 bits per heavy atom. The smallest absolute Gasteiger partial charge is 0.0841 e. The van der Waals surface area contributed by atoms with Gasteiger partial charge < -0.3 is 33.8 Å². The van der Waals surface area contributed by atoms with E-state index in [9.17, 15) is 0 Å². The van der Waals surface area contributed by atoms with Crippen LogP contribution in [0.4, 0.5) is 0 Å². The largest absolute Gasteiger partial charge is 1.00 e. The standard InChI is InChI=1S/2C7H14N.2ClH/c2*1-2-5-8(4-1)6-3-7-8;;/h2*1-7H2;2*1H/q2*+1;;/p-2. The highest BCUT2D eigenvalue weighted by Crippen LogP contribution is 2.27. The van der Waals surface area contributed by atoms with E-state index in [1.165, 1.54) is 99.8 Å². The summed E-state index contributed by atoms with van der Waals surface area (Å²) >= 11 is 0. The topological polar surface area (TPSA) is 0 Å². The maximum absolute atomic E-state index is 1.50. The molecule has 4 saturated heterocycles. The van der Waals surface area contributed by atoms with Crippen molar-refractivity contribution in [1.82, 2.24) is 0 Å². The Balaban J connectivity index is 0.000000162. The van der Waals surface area contributed by atoms with Crippen LogP contribution < -0.4 is 24.8 Å². The Morgan fingerprint density at radius 1 is 0.333 bits per heavy atom. The second kappa shape index (κ2) is 6.78. The Kier molecular flexibility index (Phi) is 6.24. The van der Waals surface area contributed by atoms with Crippen molar-refractivity contribution in [2.24, 2.45) is 0 Å². The summed E-state index contributed by atoms with van der Waals surface area (Å²) < 4.78 is 3.00. The van der Waals surface area contributed by atoms with E-state index in [4.69, 9.17) is 0 Å². The van der Waals surface area contributed by atoms with Crippen LogP contribution in [-0.2, 0) is 0 Å². The highest BCUT2D eigenvalue weighted by atomic mass is 35.5. The van der Waals surface area contributed by atoms with Crippen molar-refractivity contribution in [2.45, 2.75) is 38.5 Å². The van der Waals surface area contributed by atoms with Crippen LogP contribution in [0.3, 0.4) is 0 Å².